The van der Waals surface area contributed by atoms with E-state index in [1.165, 1.54) is 0 Å². The van der Waals surface area contributed by atoms with Gasteiger partial charge in [-0.05, 0) is 32.3 Å². The van der Waals surface area contributed by atoms with E-state index < -0.39 is 0 Å². The van der Waals surface area contributed by atoms with E-state index >= 15 is 0 Å². The number of hydrogen-bond donors (Lipinski definition) is 1. The molecule has 1 amide bonds. The van der Waals surface area contributed by atoms with Gasteiger partial charge in [-0.25, -0.2) is 4.79 Å². The van der Waals surface area contributed by atoms with Crippen LogP contribution in [0.4, 0.5) is 4.79 Å². The fraction of sp³-hybridized carbons (Fsp3) is 0.611. The Morgan fingerprint density at radius 1 is 1.39 bits per heavy atom. The molecule has 5 heteroatoms. The maximum atomic E-state index is 12.4. The third kappa shape index (κ3) is 5.22. The monoisotopic (exact) mass is 320 g/mol. The van der Waals surface area contributed by atoms with Crippen molar-refractivity contribution in [1.82, 2.24) is 9.80 Å². The first-order chi connectivity index (χ1) is 11.1. The van der Waals surface area contributed by atoms with Crippen LogP contribution < -0.4 is 0 Å². The Hall–Kier alpha value is -1.59. The molecule has 0 spiro atoms. The minimum Gasteiger partial charge on any atom is -0.445 e. The number of aliphatic hydroxyl groups is 1. The number of amides is 1. The zero-order valence-corrected chi connectivity index (χ0v) is 14.1. The van der Waals surface area contributed by atoms with Gasteiger partial charge in [0.15, 0.2) is 0 Å². The normalized spacial score (nSPS) is 18.0. The first kappa shape index (κ1) is 17.8. The van der Waals surface area contributed by atoms with Gasteiger partial charge in [-0.15, -0.1) is 0 Å². The molecule has 1 saturated heterocycles. The second-order valence-electron chi connectivity index (χ2n) is 6.34. The molecule has 1 N–H and O–H groups in total. The van der Waals surface area contributed by atoms with Gasteiger partial charge >= 0.3 is 6.09 Å². The Morgan fingerprint density at radius 3 is 2.78 bits per heavy atom. The second-order valence-corrected chi connectivity index (χ2v) is 6.34. The van der Waals surface area contributed by atoms with Crippen LogP contribution in [0.25, 0.3) is 0 Å². The number of carbonyl (C=O) groups is 1. The molecule has 1 heterocycles. The Morgan fingerprint density at radius 2 is 2.13 bits per heavy atom. The van der Waals surface area contributed by atoms with E-state index in [0.717, 1.165) is 31.5 Å². The standard InChI is InChI=1S/C18H28N2O3/c1-15(2)19(11-12-21)13-17-9-6-10-20(17)18(22)23-14-16-7-4-3-5-8-16/h3-5,7-8,15,17,21H,6,9-14H2,1-2H3/t17-/m0/s1. The predicted octanol–water partition coefficient (Wildman–Crippen LogP) is 2.49. The van der Waals surface area contributed by atoms with Gasteiger partial charge < -0.3 is 14.7 Å². The van der Waals surface area contributed by atoms with Crippen molar-refractivity contribution in [2.45, 2.75) is 45.4 Å². The van der Waals surface area contributed by atoms with Crippen molar-refractivity contribution < 1.29 is 14.6 Å². The van der Waals surface area contributed by atoms with E-state index in [4.69, 9.17) is 4.74 Å². The van der Waals surface area contributed by atoms with E-state index in [0.29, 0.717) is 19.2 Å². The molecule has 1 aromatic carbocycles. The number of rotatable bonds is 7. The highest BCUT2D eigenvalue weighted by molar-refractivity contribution is 5.68. The van der Waals surface area contributed by atoms with Gasteiger partial charge in [-0.1, -0.05) is 30.3 Å². The van der Waals surface area contributed by atoms with Gasteiger partial charge in [0.2, 0.25) is 0 Å². The molecule has 0 saturated carbocycles. The Kier molecular flexibility index (Phi) is 6.86. The zero-order valence-electron chi connectivity index (χ0n) is 14.1. The summed E-state index contributed by atoms with van der Waals surface area (Å²) in [6.07, 6.45) is 1.77. The highest BCUT2D eigenvalue weighted by Gasteiger charge is 2.31. The van der Waals surface area contributed by atoms with Gasteiger partial charge in [0, 0.05) is 31.7 Å². The summed E-state index contributed by atoms with van der Waals surface area (Å²) in [4.78, 5) is 16.4. The Labute approximate surface area is 138 Å². The van der Waals surface area contributed by atoms with E-state index in [1.54, 1.807) is 0 Å². The second kappa shape index (κ2) is 8.89. The topological polar surface area (TPSA) is 53.0 Å². The van der Waals surface area contributed by atoms with Crippen LogP contribution >= 0.6 is 0 Å². The molecule has 5 nitrogen and oxygen atoms in total. The van der Waals surface area contributed by atoms with E-state index in [-0.39, 0.29) is 18.7 Å². The van der Waals surface area contributed by atoms with Gasteiger partial charge in [0.1, 0.15) is 6.61 Å². The average molecular weight is 320 g/mol. The molecule has 1 aliphatic rings. The number of likely N-dealkylation sites (tertiary alicyclic amines) is 1. The molecule has 1 aromatic rings. The average Bonchev–Trinajstić information content (AvgIpc) is 3.01. The molecule has 0 unspecified atom stereocenters. The molecule has 23 heavy (non-hydrogen) atoms. The van der Waals surface area contributed by atoms with Crippen molar-refractivity contribution in [2.24, 2.45) is 0 Å². The summed E-state index contributed by atoms with van der Waals surface area (Å²) < 4.78 is 5.46. The lowest BCUT2D eigenvalue weighted by atomic mass is 10.2. The lowest BCUT2D eigenvalue weighted by Crippen LogP contribution is -2.46. The van der Waals surface area contributed by atoms with Crippen LogP contribution in [0, 0.1) is 0 Å². The van der Waals surface area contributed by atoms with Gasteiger partial charge in [0.05, 0.1) is 6.61 Å². The molecule has 0 bridgehead atoms. The van der Waals surface area contributed by atoms with Crippen LogP contribution in [0.5, 0.6) is 0 Å². The fourth-order valence-electron chi connectivity index (χ4n) is 3.03. The number of aliphatic hydroxyl groups excluding tert-OH is 1. The number of carbonyl (C=O) groups excluding carboxylic acids is 1. The molecular weight excluding hydrogens is 292 g/mol. The van der Waals surface area contributed by atoms with Crippen LogP contribution in [0.15, 0.2) is 30.3 Å². The Balaban J connectivity index is 1.88. The quantitative estimate of drug-likeness (QED) is 0.838. The van der Waals surface area contributed by atoms with Crippen LogP contribution in [-0.4, -0.2) is 59.3 Å². The summed E-state index contributed by atoms with van der Waals surface area (Å²) in [5.41, 5.74) is 1.00. The summed E-state index contributed by atoms with van der Waals surface area (Å²) in [6.45, 7) is 6.87. The first-order valence-corrected chi connectivity index (χ1v) is 8.44. The Bertz CT molecular complexity index is 478. The molecule has 1 aliphatic heterocycles. The van der Waals surface area contributed by atoms with Crippen LogP contribution in [0.1, 0.15) is 32.3 Å². The molecule has 1 atom stereocenters. The van der Waals surface area contributed by atoms with Gasteiger partial charge in [-0.3, -0.25) is 4.90 Å². The van der Waals surface area contributed by atoms with Crippen LogP contribution in [0.2, 0.25) is 0 Å². The van der Waals surface area contributed by atoms with Crippen molar-refractivity contribution in [2.75, 3.05) is 26.2 Å². The fourth-order valence-corrected chi connectivity index (χ4v) is 3.03. The third-order valence-electron chi connectivity index (χ3n) is 4.38. The summed E-state index contributed by atoms with van der Waals surface area (Å²) in [7, 11) is 0. The van der Waals surface area contributed by atoms with Crippen molar-refractivity contribution >= 4 is 6.09 Å². The lowest BCUT2D eigenvalue weighted by Gasteiger charge is -2.32. The minimum atomic E-state index is -0.232. The number of nitrogens with zero attached hydrogens (tertiary/aromatic N) is 2. The van der Waals surface area contributed by atoms with Crippen molar-refractivity contribution in [3.05, 3.63) is 35.9 Å². The van der Waals surface area contributed by atoms with E-state index in [9.17, 15) is 9.90 Å². The van der Waals surface area contributed by atoms with Crippen molar-refractivity contribution in [3.8, 4) is 0 Å². The van der Waals surface area contributed by atoms with E-state index in [1.807, 2.05) is 35.2 Å². The van der Waals surface area contributed by atoms with Crippen LogP contribution in [-0.2, 0) is 11.3 Å². The van der Waals surface area contributed by atoms with Crippen LogP contribution in [0.3, 0.4) is 0 Å². The predicted molar refractivity (Wildman–Crippen MR) is 90.1 cm³/mol. The molecule has 2 rings (SSSR count). The zero-order chi connectivity index (χ0) is 16.7. The molecular formula is C18H28N2O3. The summed E-state index contributed by atoms with van der Waals surface area (Å²) in [5.74, 6) is 0. The lowest BCUT2D eigenvalue weighted by molar-refractivity contribution is 0.0767. The van der Waals surface area contributed by atoms with Crippen molar-refractivity contribution in [1.29, 1.82) is 0 Å². The number of hydrogen-bond acceptors (Lipinski definition) is 4. The first-order valence-electron chi connectivity index (χ1n) is 8.44. The largest absolute Gasteiger partial charge is 0.445 e. The SMILES string of the molecule is CC(C)N(CCO)C[C@@H]1CCCN1C(=O)OCc1ccccc1. The van der Waals surface area contributed by atoms with Crippen molar-refractivity contribution in [3.63, 3.8) is 0 Å². The highest BCUT2D eigenvalue weighted by atomic mass is 16.6. The summed E-state index contributed by atoms with van der Waals surface area (Å²) in [5, 5.41) is 9.20. The number of ether oxygens (including phenoxy) is 1. The molecule has 128 valence electrons. The van der Waals surface area contributed by atoms with Gasteiger partial charge in [-0.2, -0.15) is 0 Å². The van der Waals surface area contributed by atoms with E-state index in [2.05, 4.69) is 18.7 Å². The smallest absolute Gasteiger partial charge is 0.410 e. The summed E-state index contributed by atoms with van der Waals surface area (Å²) in [6, 6.07) is 10.3. The number of benzene rings is 1. The maximum absolute atomic E-state index is 12.4. The molecule has 0 radical (unpaired) electrons. The maximum Gasteiger partial charge on any atom is 0.410 e. The third-order valence-corrected chi connectivity index (χ3v) is 4.38. The molecule has 1 fully saturated rings. The van der Waals surface area contributed by atoms with Gasteiger partial charge in [0.25, 0.3) is 0 Å². The molecule has 0 aromatic heterocycles. The highest BCUT2D eigenvalue weighted by Crippen LogP contribution is 2.20. The minimum absolute atomic E-state index is 0.142. The summed E-state index contributed by atoms with van der Waals surface area (Å²) >= 11 is 0. The molecule has 0 aliphatic carbocycles.